The number of methoxy groups -OCH3 is 1. The van der Waals surface area contributed by atoms with E-state index in [1.165, 1.54) is 7.11 Å². The van der Waals surface area contributed by atoms with E-state index in [9.17, 15) is 18.8 Å². The number of likely N-dealkylation sites (tertiary alicyclic amines) is 1. The molecule has 1 atom stereocenters. The minimum absolute atomic E-state index is 0.0209. The molecule has 0 spiro atoms. The zero-order chi connectivity index (χ0) is 26.4. The minimum Gasteiger partial charge on any atom is -0.471 e. The number of carbonyl (C=O) groups is 3. The second-order valence-electron chi connectivity index (χ2n) is 8.95. The van der Waals surface area contributed by atoms with Gasteiger partial charge in [-0.1, -0.05) is 11.6 Å². The van der Waals surface area contributed by atoms with E-state index in [1.54, 1.807) is 18.2 Å². The Balaban J connectivity index is 1.34. The molecule has 0 radical (unpaired) electrons. The molecule has 4 rings (SSSR count). The number of carbonyl (C=O) groups excluding carboxylic acids is 3. The van der Waals surface area contributed by atoms with E-state index in [0.717, 1.165) is 30.9 Å². The third-order valence-corrected chi connectivity index (χ3v) is 7.13. The Morgan fingerprint density at radius 1 is 1.27 bits per heavy atom. The molecule has 2 aromatic rings. The quantitative estimate of drug-likeness (QED) is 0.287. The average Bonchev–Trinajstić information content (AvgIpc) is 3.46. The fourth-order valence-electron chi connectivity index (χ4n) is 3.85. The number of rotatable bonds is 11. The molecule has 200 valence electrons. The Kier molecular flexibility index (Phi) is 9.17. The summed E-state index contributed by atoms with van der Waals surface area (Å²) in [5.74, 6) is -0.933. The molecule has 1 aliphatic carbocycles. The summed E-state index contributed by atoms with van der Waals surface area (Å²) in [6.45, 7) is 2.18. The van der Waals surface area contributed by atoms with Gasteiger partial charge in [0.15, 0.2) is 5.56 Å². The van der Waals surface area contributed by atoms with Crippen molar-refractivity contribution in [2.24, 2.45) is 0 Å². The van der Waals surface area contributed by atoms with Crippen molar-refractivity contribution >= 4 is 46.0 Å². The maximum Gasteiger partial charge on any atom is 0.346 e. The molecular weight excluding hydrogens is 525 g/mol. The van der Waals surface area contributed by atoms with Crippen LogP contribution in [0.4, 0.5) is 14.2 Å². The van der Waals surface area contributed by atoms with Gasteiger partial charge in [0.25, 0.3) is 5.91 Å². The van der Waals surface area contributed by atoms with Gasteiger partial charge in [0, 0.05) is 41.8 Å². The molecule has 37 heavy (non-hydrogen) atoms. The van der Waals surface area contributed by atoms with E-state index in [1.807, 2.05) is 4.90 Å². The molecule has 2 heterocycles. The SMILES string of the molecule is COC(=O)c1c(OCc2cc(C(=O)NC3CC3)ccc2Cl)nsc1NC(=O)NCCCN1CC[C@H](F)C1. The topological polar surface area (TPSA) is 122 Å². The van der Waals surface area contributed by atoms with Crippen LogP contribution in [0.15, 0.2) is 18.2 Å². The second kappa shape index (κ2) is 12.5. The highest BCUT2D eigenvalue weighted by Gasteiger charge is 2.26. The summed E-state index contributed by atoms with van der Waals surface area (Å²) in [6.07, 6.45) is 2.39. The zero-order valence-corrected chi connectivity index (χ0v) is 21.9. The van der Waals surface area contributed by atoms with E-state index >= 15 is 0 Å². The lowest BCUT2D eigenvalue weighted by atomic mass is 10.1. The van der Waals surface area contributed by atoms with Gasteiger partial charge in [-0.25, -0.2) is 14.0 Å². The van der Waals surface area contributed by atoms with Crippen molar-refractivity contribution in [3.63, 3.8) is 0 Å². The lowest BCUT2D eigenvalue weighted by Crippen LogP contribution is -2.32. The molecule has 1 saturated carbocycles. The van der Waals surface area contributed by atoms with Crippen molar-refractivity contribution in [1.29, 1.82) is 0 Å². The summed E-state index contributed by atoms with van der Waals surface area (Å²) >= 11 is 7.16. The molecule has 2 aliphatic rings. The molecule has 3 N–H and O–H groups in total. The van der Waals surface area contributed by atoms with Gasteiger partial charge in [-0.05, 0) is 62.0 Å². The van der Waals surface area contributed by atoms with Crippen LogP contribution in [0.5, 0.6) is 5.88 Å². The predicted molar refractivity (Wildman–Crippen MR) is 137 cm³/mol. The van der Waals surface area contributed by atoms with Crippen molar-refractivity contribution < 1.29 is 28.2 Å². The summed E-state index contributed by atoms with van der Waals surface area (Å²) in [7, 11) is 1.22. The van der Waals surface area contributed by atoms with Gasteiger partial charge < -0.3 is 25.0 Å². The number of amides is 3. The predicted octanol–water partition coefficient (Wildman–Crippen LogP) is 3.61. The molecule has 1 aromatic heterocycles. The van der Waals surface area contributed by atoms with E-state index in [2.05, 4.69) is 20.3 Å². The van der Waals surface area contributed by atoms with Gasteiger partial charge >= 0.3 is 12.0 Å². The lowest BCUT2D eigenvalue weighted by Gasteiger charge is -2.14. The monoisotopic (exact) mass is 553 g/mol. The number of alkyl halides is 1. The molecule has 1 aromatic carbocycles. The van der Waals surface area contributed by atoms with E-state index in [-0.39, 0.29) is 35.0 Å². The van der Waals surface area contributed by atoms with Gasteiger partial charge in [-0.15, -0.1) is 0 Å². The zero-order valence-electron chi connectivity index (χ0n) is 20.4. The largest absolute Gasteiger partial charge is 0.471 e. The third kappa shape index (κ3) is 7.53. The van der Waals surface area contributed by atoms with Gasteiger partial charge in [0.1, 0.15) is 17.8 Å². The maximum absolute atomic E-state index is 13.3. The van der Waals surface area contributed by atoms with Crippen molar-refractivity contribution in [1.82, 2.24) is 19.9 Å². The summed E-state index contributed by atoms with van der Waals surface area (Å²) in [6, 6.07) is 4.59. The van der Waals surface area contributed by atoms with Crippen molar-refractivity contribution in [3.8, 4) is 5.88 Å². The number of nitrogens with one attached hydrogen (secondary N) is 3. The molecule has 13 heteroatoms. The number of nitrogens with zero attached hydrogens (tertiary/aromatic N) is 2. The number of hydrogen-bond acceptors (Lipinski definition) is 8. The number of hydrogen-bond donors (Lipinski definition) is 3. The lowest BCUT2D eigenvalue weighted by molar-refractivity contribution is 0.0596. The van der Waals surface area contributed by atoms with Crippen LogP contribution in [0.3, 0.4) is 0 Å². The molecule has 2 fully saturated rings. The number of anilines is 1. The highest BCUT2D eigenvalue weighted by atomic mass is 35.5. The summed E-state index contributed by atoms with van der Waals surface area (Å²) in [4.78, 5) is 39.2. The average molecular weight is 554 g/mol. The Hall–Kier alpha value is -2.96. The number of ether oxygens (including phenoxy) is 2. The molecule has 1 aliphatic heterocycles. The second-order valence-corrected chi connectivity index (χ2v) is 10.1. The smallest absolute Gasteiger partial charge is 0.346 e. The summed E-state index contributed by atoms with van der Waals surface area (Å²) < 4.78 is 28.0. The Morgan fingerprint density at radius 3 is 2.78 bits per heavy atom. The number of benzene rings is 1. The normalized spacial score (nSPS) is 17.3. The first-order valence-corrected chi connectivity index (χ1v) is 13.2. The van der Waals surface area contributed by atoms with Crippen LogP contribution in [-0.2, 0) is 11.3 Å². The van der Waals surface area contributed by atoms with Crippen LogP contribution < -0.4 is 20.7 Å². The van der Waals surface area contributed by atoms with E-state index < -0.39 is 18.2 Å². The van der Waals surface area contributed by atoms with Crippen molar-refractivity contribution in [3.05, 3.63) is 39.9 Å². The van der Waals surface area contributed by atoms with Crippen LogP contribution in [0.25, 0.3) is 0 Å². The highest BCUT2D eigenvalue weighted by molar-refractivity contribution is 7.11. The first-order valence-electron chi connectivity index (χ1n) is 12.1. The molecule has 0 unspecified atom stereocenters. The van der Waals surface area contributed by atoms with Crippen LogP contribution >= 0.6 is 23.1 Å². The molecular formula is C24H29ClFN5O5S. The molecule has 3 amide bonds. The van der Waals surface area contributed by atoms with Crippen molar-refractivity contribution in [2.75, 3.05) is 38.6 Å². The molecule has 10 nitrogen and oxygen atoms in total. The molecule has 1 saturated heterocycles. The minimum atomic E-state index is -0.775. The maximum atomic E-state index is 13.3. The Morgan fingerprint density at radius 2 is 2.08 bits per heavy atom. The fourth-order valence-corrected chi connectivity index (χ4v) is 4.74. The Bertz CT molecular complexity index is 1140. The summed E-state index contributed by atoms with van der Waals surface area (Å²) in [5, 5.41) is 8.82. The van der Waals surface area contributed by atoms with Crippen LogP contribution in [0, 0.1) is 0 Å². The number of halogens is 2. The number of aromatic nitrogens is 1. The van der Waals surface area contributed by atoms with Crippen LogP contribution in [0.2, 0.25) is 5.02 Å². The number of esters is 1. The van der Waals surface area contributed by atoms with Crippen LogP contribution in [-0.4, -0.2) is 72.7 Å². The Labute approximate surface area is 223 Å². The third-order valence-electron chi connectivity index (χ3n) is 6.01. The standard InChI is InChI=1S/C24H29ClFN5O5S/c1-35-23(33)19-21(36-13-15-11-14(3-6-18(15)25)20(32)28-17-4-5-17)30-37-22(19)29-24(34)27-8-2-9-31-10-7-16(26)12-31/h3,6,11,16-17H,2,4-5,7-10,12-13H2,1H3,(H,28,32)(H2,27,29,34)/t16-/m0/s1. The van der Waals surface area contributed by atoms with Gasteiger partial charge in [-0.2, -0.15) is 4.37 Å². The highest BCUT2D eigenvalue weighted by Crippen LogP contribution is 2.32. The van der Waals surface area contributed by atoms with Crippen LogP contribution in [0.1, 0.15) is 52.0 Å². The van der Waals surface area contributed by atoms with E-state index in [0.29, 0.717) is 48.6 Å². The number of urea groups is 1. The van der Waals surface area contributed by atoms with Gasteiger partial charge in [0.05, 0.1) is 7.11 Å². The summed E-state index contributed by atoms with van der Waals surface area (Å²) in [5.41, 5.74) is 0.973. The van der Waals surface area contributed by atoms with Crippen molar-refractivity contribution in [2.45, 2.75) is 44.5 Å². The van der Waals surface area contributed by atoms with E-state index in [4.69, 9.17) is 21.1 Å². The first kappa shape index (κ1) is 27.1. The fraction of sp³-hybridized carbons (Fsp3) is 0.500. The van der Waals surface area contributed by atoms with Gasteiger partial charge in [-0.3, -0.25) is 10.1 Å². The van der Waals surface area contributed by atoms with Gasteiger partial charge in [0.2, 0.25) is 5.88 Å². The first-order chi connectivity index (χ1) is 17.8. The molecule has 0 bridgehead atoms.